The van der Waals surface area contributed by atoms with Crippen molar-refractivity contribution in [3.05, 3.63) is 60.4 Å². The Kier molecular flexibility index (Phi) is 5.44. The quantitative estimate of drug-likeness (QED) is 0.750. The van der Waals surface area contributed by atoms with Crippen LogP contribution in [0.1, 0.15) is 6.42 Å². The van der Waals surface area contributed by atoms with E-state index in [9.17, 15) is 17.6 Å². The SMILES string of the molecule is O=C(CSc1ccc(F)cc1)N1CCC(S(=O)(=O)c2ccccc2)C1. The van der Waals surface area contributed by atoms with Crippen molar-refractivity contribution in [1.29, 1.82) is 0 Å². The number of likely N-dealkylation sites (tertiary alicyclic amines) is 1. The van der Waals surface area contributed by atoms with Crippen molar-refractivity contribution in [3.63, 3.8) is 0 Å². The molecule has 1 heterocycles. The van der Waals surface area contributed by atoms with E-state index in [1.54, 1.807) is 47.4 Å². The third-order valence-corrected chi connectivity index (χ3v) is 7.37. The smallest absolute Gasteiger partial charge is 0.232 e. The van der Waals surface area contributed by atoms with Crippen LogP contribution in [0.25, 0.3) is 0 Å². The Balaban J connectivity index is 1.58. The maximum Gasteiger partial charge on any atom is 0.232 e. The number of rotatable bonds is 5. The van der Waals surface area contributed by atoms with Crippen LogP contribution in [0.4, 0.5) is 4.39 Å². The zero-order valence-corrected chi connectivity index (χ0v) is 15.1. The molecule has 2 aromatic carbocycles. The van der Waals surface area contributed by atoms with Crippen LogP contribution in [0.15, 0.2) is 64.4 Å². The molecule has 25 heavy (non-hydrogen) atoms. The Bertz CT molecular complexity index is 838. The highest BCUT2D eigenvalue weighted by Crippen LogP contribution is 2.25. The third kappa shape index (κ3) is 4.22. The minimum Gasteiger partial charge on any atom is -0.341 e. The van der Waals surface area contributed by atoms with Gasteiger partial charge in [-0.3, -0.25) is 4.79 Å². The van der Waals surface area contributed by atoms with Gasteiger partial charge in [-0.05, 0) is 42.8 Å². The first-order valence-electron chi connectivity index (χ1n) is 7.92. The minimum atomic E-state index is -3.42. The normalized spacial score (nSPS) is 17.6. The molecule has 1 unspecified atom stereocenters. The summed E-state index contributed by atoms with van der Waals surface area (Å²) in [5, 5.41) is -0.560. The second kappa shape index (κ2) is 7.58. The number of halogens is 1. The predicted molar refractivity (Wildman–Crippen MR) is 95.7 cm³/mol. The van der Waals surface area contributed by atoms with Crippen molar-refractivity contribution >= 4 is 27.5 Å². The van der Waals surface area contributed by atoms with Gasteiger partial charge in [-0.1, -0.05) is 18.2 Å². The van der Waals surface area contributed by atoms with Crippen molar-refractivity contribution in [2.24, 2.45) is 0 Å². The largest absolute Gasteiger partial charge is 0.341 e. The molecular weight excluding hydrogens is 361 g/mol. The molecule has 1 atom stereocenters. The molecule has 3 rings (SSSR count). The van der Waals surface area contributed by atoms with Gasteiger partial charge in [0.2, 0.25) is 5.91 Å². The van der Waals surface area contributed by atoms with Gasteiger partial charge in [-0.25, -0.2) is 12.8 Å². The summed E-state index contributed by atoms with van der Waals surface area (Å²) in [4.78, 5) is 15.0. The highest BCUT2D eigenvalue weighted by molar-refractivity contribution is 8.00. The number of hydrogen-bond acceptors (Lipinski definition) is 4. The number of benzene rings is 2. The van der Waals surface area contributed by atoms with Crippen LogP contribution in [0.2, 0.25) is 0 Å². The first-order valence-corrected chi connectivity index (χ1v) is 10.4. The number of carbonyl (C=O) groups is 1. The first-order chi connectivity index (χ1) is 12.0. The minimum absolute atomic E-state index is 0.0971. The Morgan fingerprint density at radius 3 is 2.48 bits per heavy atom. The summed E-state index contributed by atoms with van der Waals surface area (Å²) in [6.45, 7) is 0.666. The topological polar surface area (TPSA) is 54.5 Å². The average molecular weight is 379 g/mol. The summed E-state index contributed by atoms with van der Waals surface area (Å²) in [6, 6.07) is 14.3. The summed E-state index contributed by atoms with van der Waals surface area (Å²) in [5.74, 6) is -0.201. The van der Waals surface area contributed by atoms with E-state index in [0.717, 1.165) is 4.90 Å². The lowest BCUT2D eigenvalue weighted by Crippen LogP contribution is -2.33. The summed E-state index contributed by atoms with van der Waals surface area (Å²) in [7, 11) is -3.42. The number of hydrogen-bond donors (Lipinski definition) is 0. The van der Waals surface area contributed by atoms with Crippen molar-refractivity contribution in [2.75, 3.05) is 18.8 Å². The lowest BCUT2D eigenvalue weighted by molar-refractivity contribution is -0.127. The van der Waals surface area contributed by atoms with Crippen LogP contribution in [0, 0.1) is 5.82 Å². The molecule has 7 heteroatoms. The van der Waals surface area contributed by atoms with E-state index in [4.69, 9.17) is 0 Å². The second-order valence-corrected chi connectivity index (χ2v) is 9.13. The number of amides is 1. The van der Waals surface area contributed by atoms with Crippen LogP contribution in [-0.2, 0) is 14.6 Å². The standard InChI is InChI=1S/C18H18FNO3S2/c19-14-6-8-15(9-7-14)24-13-18(21)20-11-10-17(12-20)25(22,23)16-4-2-1-3-5-16/h1-9,17H,10-13H2. The Morgan fingerprint density at radius 2 is 1.80 bits per heavy atom. The number of nitrogens with zero attached hydrogens (tertiary/aromatic N) is 1. The van der Waals surface area contributed by atoms with Gasteiger partial charge < -0.3 is 4.90 Å². The lowest BCUT2D eigenvalue weighted by atomic mass is 10.4. The molecule has 1 saturated heterocycles. The van der Waals surface area contributed by atoms with Crippen LogP contribution in [-0.4, -0.2) is 43.3 Å². The van der Waals surface area contributed by atoms with Gasteiger partial charge in [0.15, 0.2) is 9.84 Å². The average Bonchev–Trinajstić information content (AvgIpc) is 3.13. The predicted octanol–water partition coefficient (Wildman–Crippen LogP) is 2.99. The molecule has 1 amide bonds. The van der Waals surface area contributed by atoms with E-state index in [-0.39, 0.29) is 24.0 Å². The molecule has 2 aromatic rings. The number of sulfone groups is 1. The van der Waals surface area contributed by atoms with E-state index in [1.165, 1.54) is 23.9 Å². The van der Waals surface area contributed by atoms with E-state index in [2.05, 4.69) is 0 Å². The first kappa shape index (κ1) is 17.9. The third-order valence-electron chi connectivity index (χ3n) is 4.18. The molecule has 0 aromatic heterocycles. The summed E-state index contributed by atoms with van der Waals surface area (Å²) in [5.41, 5.74) is 0. The van der Waals surface area contributed by atoms with E-state index >= 15 is 0 Å². The van der Waals surface area contributed by atoms with E-state index < -0.39 is 15.1 Å². The fraction of sp³-hybridized carbons (Fsp3) is 0.278. The van der Waals surface area contributed by atoms with Crippen LogP contribution in [0.3, 0.4) is 0 Å². The fourth-order valence-corrected chi connectivity index (χ4v) is 5.29. The summed E-state index contributed by atoms with van der Waals surface area (Å²) >= 11 is 1.32. The monoisotopic (exact) mass is 379 g/mol. The molecule has 1 aliphatic heterocycles. The van der Waals surface area contributed by atoms with Crippen molar-refractivity contribution in [3.8, 4) is 0 Å². The zero-order chi connectivity index (χ0) is 17.9. The molecule has 0 radical (unpaired) electrons. The number of carbonyl (C=O) groups excluding carboxylic acids is 1. The molecule has 1 fully saturated rings. The molecule has 0 spiro atoms. The maximum atomic E-state index is 12.9. The van der Waals surface area contributed by atoms with Gasteiger partial charge in [0.05, 0.1) is 15.9 Å². The molecule has 4 nitrogen and oxygen atoms in total. The Hall–Kier alpha value is -1.86. The van der Waals surface area contributed by atoms with E-state index in [0.29, 0.717) is 17.9 Å². The van der Waals surface area contributed by atoms with Gasteiger partial charge in [0, 0.05) is 18.0 Å². The van der Waals surface area contributed by atoms with Crippen LogP contribution < -0.4 is 0 Å². The van der Waals surface area contributed by atoms with Gasteiger partial charge in [0.1, 0.15) is 5.82 Å². The Labute approximate surface area is 151 Å². The molecule has 0 bridgehead atoms. The maximum absolute atomic E-state index is 12.9. The van der Waals surface area contributed by atoms with Crippen molar-refractivity contribution in [1.82, 2.24) is 4.90 Å². The van der Waals surface area contributed by atoms with Gasteiger partial charge in [-0.2, -0.15) is 0 Å². The van der Waals surface area contributed by atoms with Crippen molar-refractivity contribution in [2.45, 2.75) is 21.5 Å². The molecule has 0 aliphatic carbocycles. The second-order valence-electron chi connectivity index (χ2n) is 5.85. The summed E-state index contributed by atoms with van der Waals surface area (Å²) < 4.78 is 38.2. The highest BCUT2D eigenvalue weighted by atomic mass is 32.2. The lowest BCUT2D eigenvalue weighted by Gasteiger charge is -2.16. The van der Waals surface area contributed by atoms with Crippen LogP contribution in [0.5, 0.6) is 0 Å². The molecule has 1 aliphatic rings. The van der Waals surface area contributed by atoms with Gasteiger partial charge in [-0.15, -0.1) is 11.8 Å². The number of thioether (sulfide) groups is 1. The molecule has 0 saturated carbocycles. The highest BCUT2D eigenvalue weighted by Gasteiger charge is 2.35. The van der Waals surface area contributed by atoms with E-state index in [1.807, 2.05) is 0 Å². The van der Waals surface area contributed by atoms with Crippen molar-refractivity contribution < 1.29 is 17.6 Å². The van der Waals surface area contributed by atoms with Gasteiger partial charge in [0.25, 0.3) is 0 Å². The molecule has 0 N–H and O–H groups in total. The zero-order valence-electron chi connectivity index (χ0n) is 13.5. The summed E-state index contributed by atoms with van der Waals surface area (Å²) in [6.07, 6.45) is 0.449. The Morgan fingerprint density at radius 1 is 1.12 bits per heavy atom. The molecular formula is C18H18FNO3S2. The van der Waals surface area contributed by atoms with Crippen LogP contribution >= 0.6 is 11.8 Å². The van der Waals surface area contributed by atoms with Gasteiger partial charge >= 0.3 is 0 Å². The molecule has 132 valence electrons. The fourth-order valence-electron chi connectivity index (χ4n) is 2.78.